The molecular weight excluding hydrogens is 346 g/mol. The van der Waals surface area contributed by atoms with Crippen molar-refractivity contribution in [2.75, 3.05) is 18.8 Å². The van der Waals surface area contributed by atoms with Crippen LogP contribution in [0.15, 0.2) is 24.3 Å². The lowest BCUT2D eigenvalue weighted by Gasteiger charge is -2.27. The van der Waals surface area contributed by atoms with Gasteiger partial charge in [-0.2, -0.15) is 0 Å². The second-order valence-corrected chi connectivity index (χ2v) is 10.7. The first-order valence-electron chi connectivity index (χ1n) is 8.40. The summed E-state index contributed by atoms with van der Waals surface area (Å²) >= 11 is 5.91. The molecule has 2 saturated heterocycles. The SMILES string of the molecule is CC(C)(CC(=O)N1C[C@@H]2CCS(=O)(=O)[C@@H]2C1)Cc1ccc(Cl)cc1. The summed E-state index contributed by atoms with van der Waals surface area (Å²) in [6.45, 7) is 5.13. The lowest BCUT2D eigenvalue weighted by molar-refractivity contribution is -0.132. The van der Waals surface area contributed by atoms with Crippen LogP contribution < -0.4 is 0 Å². The highest BCUT2D eigenvalue weighted by atomic mass is 35.5. The monoisotopic (exact) mass is 369 g/mol. The number of hydrogen-bond donors (Lipinski definition) is 0. The van der Waals surface area contributed by atoms with Crippen molar-refractivity contribution in [1.82, 2.24) is 4.90 Å². The molecule has 0 saturated carbocycles. The van der Waals surface area contributed by atoms with Gasteiger partial charge in [-0.25, -0.2) is 8.42 Å². The third-order valence-corrected chi connectivity index (χ3v) is 7.71. The third-order valence-electron chi connectivity index (χ3n) is 5.19. The van der Waals surface area contributed by atoms with Gasteiger partial charge in [0.25, 0.3) is 0 Å². The molecule has 0 unspecified atom stereocenters. The zero-order valence-corrected chi connectivity index (χ0v) is 15.7. The molecule has 1 aromatic rings. The minimum atomic E-state index is -2.99. The number of amides is 1. The number of carbonyl (C=O) groups excluding carboxylic acids is 1. The second-order valence-electron chi connectivity index (χ2n) is 7.90. The van der Waals surface area contributed by atoms with E-state index in [0.717, 1.165) is 12.0 Å². The molecule has 2 heterocycles. The molecule has 2 atom stereocenters. The van der Waals surface area contributed by atoms with Gasteiger partial charge in [-0.1, -0.05) is 37.6 Å². The van der Waals surface area contributed by atoms with E-state index in [1.165, 1.54) is 0 Å². The Labute approximate surface area is 149 Å². The van der Waals surface area contributed by atoms with Crippen molar-refractivity contribution >= 4 is 27.3 Å². The Hall–Kier alpha value is -1.07. The average Bonchev–Trinajstić information content (AvgIpc) is 3.02. The topological polar surface area (TPSA) is 54.5 Å². The van der Waals surface area contributed by atoms with Crippen LogP contribution in [0.1, 0.15) is 32.3 Å². The van der Waals surface area contributed by atoms with Crippen molar-refractivity contribution in [3.8, 4) is 0 Å². The highest BCUT2D eigenvalue weighted by Crippen LogP contribution is 2.35. The largest absolute Gasteiger partial charge is 0.341 e. The van der Waals surface area contributed by atoms with E-state index in [2.05, 4.69) is 13.8 Å². The summed E-state index contributed by atoms with van der Waals surface area (Å²) < 4.78 is 24.0. The van der Waals surface area contributed by atoms with Gasteiger partial charge < -0.3 is 4.90 Å². The molecule has 0 radical (unpaired) electrons. The van der Waals surface area contributed by atoms with Crippen LogP contribution in [0.4, 0.5) is 0 Å². The number of hydrogen-bond acceptors (Lipinski definition) is 3. The molecule has 24 heavy (non-hydrogen) atoms. The van der Waals surface area contributed by atoms with E-state index in [1.54, 1.807) is 4.90 Å². The molecule has 0 aliphatic carbocycles. The number of sulfone groups is 1. The summed E-state index contributed by atoms with van der Waals surface area (Å²) in [6.07, 6.45) is 1.91. The number of carbonyl (C=O) groups is 1. The summed E-state index contributed by atoms with van der Waals surface area (Å²) in [5, 5.41) is 0.373. The average molecular weight is 370 g/mol. The van der Waals surface area contributed by atoms with Gasteiger partial charge in [-0.3, -0.25) is 4.79 Å². The maximum atomic E-state index is 12.7. The lowest BCUT2D eigenvalue weighted by atomic mass is 9.82. The van der Waals surface area contributed by atoms with Gasteiger partial charge in [0.1, 0.15) is 0 Å². The standard InChI is InChI=1S/C18H24ClNO3S/c1-18(2,9-13-3-5-15(19)6-4-13)10-17(21)20-11-14-7-8-24(22,23)16(14)12-20/h3-6,14,16H,7-12H2,1-2H3/t14-,16+/m0/s1. The van der Waals surface area contributed by atoms with Crippen LogP contribution in [0.3, 0.4) is 0 Å². The summed E-state index contributed by atoms with van der Waals surface area (Å²) in [6, 6.07) is 7.70. The van der Waals surface area contributed by atoms with Gasteiger partial charge in [0, 0.05) is 24.5 Å². The molecule has 132 valence electrons. The Kier molecular flexibility index (Phi) is 4.69. The van der Waals surface area contributed by atoms with Crippen LogP contribution in [0, 0.1) is 11.3 Å². The molecule has 0 spiro atoms. The highest BCUT2D eigenvalue weighted by Gasteiger charge is 2.47. The summed E-state index contributed by atoms with van der Waals surface area (Å²) in [4.78, 5) is 14.4. The number of halogens is 1. The van der Waals surface area contributed by atoms with E-state index in [-0.39, 0.29) is 28.2 Å². The Morgan fingerprint density at radius 3 is 2.54 bits per heavy atom. The molecule has 0 N–H and O–H groups in total. The van der Waals surface area contributed by atoms with E-state index in [9.17, 15) is 13.2 Å². The van der Waals surface area contributed by atoms with Crippen LogP contribution in [-0.2, 0) is 21.1 Å². The molecule has 2 aliphatic rings. The molecule has 6 heteroatoms. The van der Waals surface area contributed by atoms with Crippen LogP contribution in [0.25, 0.3) is 0 Å². The van der Waals surface area contributed by atoms with Crippen molar-refractivity contribution in [2.24, 2.45) is 11.3 Å². The van der Waals surface area contributed by atoms with E-state index < -0.39 is 9.84 Å². The number of benzene rings is 1. The van der Waals surface area contributed by atoms with Gasteiger partial charge in [0.15, 0.2) is 9.84 Å². The molecule has 0 aromatic heterocycles. The van der Waals surface area contributed by atoms with Gasteiger partial charge in [0.2, 0.25) is 5.91 Å². The quantitative estimate of drug-likeness (QED) is 0.819. The fourth-order valence-corrected chi connectivity index (χ4v) is 6.21. The molecular formula is C18H24ClNO3S. The molecule has 4 nitrogen and oxygen atoms in total. The number of nitrogens with zero attached hydrogens (tertiary/aromatic N) is 1. The van der Waals surface area contributed by atoms with Crippen molar-refractivity contribution in [3.05, 3.63) is 34.9 Å². The molecule has 1 amide bonds. The smallest absolute Gasteiger partial charge is 0.223 e. The Morgan fingerprint density at radius 2 is 1.92 bits per heavy atom. The van der Waals surface area contributed by atoms with Crippen LogP contribution in [0.5, 0.6) is 0 Å². The van der Waals surface area contributed by atoms with E-state index >= 15 is 0 Å². The molecule has 2 aliphatic heterocycles. The van der Waals surface area contributed by atoms with Crippen molar-refractivity contribution in [2.45, 2.75) is 38.4 Å². The van der Waals surface area contributed by atoms with Gasteiger partial charge in [-0.15, -0.1) is 0 Å². The van der Waals surface area contributed by atoms with Crippen LogP contribution in [-0.4, -0.2) is 43.3 Å². The third kappa shape index (κ3) is 3.77. The Morgan fingerprint density at radius 1 is 1.25 bits per heavy atom. The minimum Gasteiger partial charge on any atom is -0.341 e. The first-order chi connectivity index (χ1) is 11.2. The van der Waals surface area contributed by atoms with E-state index in [4.69, 9.17) is 11.6 Å². The number of fused-ring (bicyclic) bond motifs is 1. The lowest BCUT2D eigenvalue weighted by Crippen LogP contribution is -2.35. The maximum Gasteiger partial charge on any atom is 0.223 e. The normalized spacial score (nSPS) is 25.7. The molecule has 2 fully saturated rings. The zero-order valence-electron chi connectivity index (χ0n) is 14.2. The number of rotatable bonds is 4. The molecule has 3 rings (SSSR count). The summed E-state index contributed by atoms with van der Waals surface area (Å²) in [5.74, 6) is 0.490. The second kappa shape index (κ2) is 6.34. The van der Waals surface area contributed by atoms with Gasteiger partial charge in [0.05, 0.1) is 11.0 Å². The Balaban J connectivity index is 1.61. The predicted octanol–water partition coefficient (Wildman–Crippen LogP) is 2.94. The summed E-state index contributed by atoms with van der Waals surface area (Å²) in [5.41, 5.74) is 0.972. The van der Waals surface area contributed by atoms with Crippen LogP contribution in [0.2, 0.25) is 5.02 Å². The number of likely N-dealkylation sites (tertiary alicyclic amines) is 1. The van der Waals surface area contributed by atoms with Crippen molar-refractivity contribution in [3.63, 3.8) is 0 Å². The zero-order chi connectivity index (χ0) is 17.5. The maximum absolute atomic E-state index is 12.7. The predicted molar refractivity (Wildman–Crippen MR) is 95.8 cm³/mol. The minimum absolute atomic E-state index is 0.0681. The fraction of sp³-hybridized carbons (Fsp3) is 0.611. The summed E-state index contributed by atoms with van der Waals surface area (Å²) in [7, 11) is -2.99. The molecule has 0 bridgehead atoms. The molecule has 1 aromatic carbocycles. The first kappa shape index (κ1) is 17.7. The van der Waals surface area contributed by atoms with Crippen molar-refractivity contribution in [1.29, 1.82) is 0 Å². The van der Waals surface area contributed by atoms with E-state index in [1.807, 2.05) is 24.3 Å². The van der Waals surface area contributed by atoms with Gasteiger partial charge in [-0.05, 0) is 41.9 Å². The Bertz CT molecular complexity index is 727. The first-order valence-corrected chi connectivity index (χ1v) is 10.5. The van der Waals surface area contributed by atoms with Crippen molar-refractivity contribution < 1.29 is 13.2 Å². The highest BCUT2D eigenvalue weighted by molar-refractivity contribution is 7.92. The fourth-order valence-electron chi connectivity index (χ4n) is 3.93. The van der Waals surface area contributed by atoms with Crippen LogP contribution >= 0.6 is 11.6 Å². The van der Waals surface area contributed by atoms with E-state index in [0.29, 0.717) is 31.0 Å². The van der Waals surface area contributed by atoms with Gasteiger partial charge >= 0.3 is 0 Å².